The fourth-order valence-corrected chi connectivity index (χ4v) is 0. The fourth-order valence-electron chi connectivity index (χ4n) is 0. The molecule has 0 N–H and O–H groups in total. The van der Waals surface area contributed by atoms with E-state index in [2.05, 4.69) is 0 Å². The van der Waals surface area contributed by atoms with E-state index in [9.17, 15) is 4.79 Å². The Morgan fingerprint density at radius 2 is 1.50 bits per heavy atom. The van der Waals surface area contributed by atoms with Crippen molar-refractivity contribution in [2.24, 2.45) is 5.41 Å². The van der Waals surface area contributed by atoms with Crippen molar-refractivity contribution >= 4 is 16.8 Å². The average Bonchev–Trinajstić information content (AvgIpc) is 1.31. The number of carbonyl (C=O) groups is 1. The lowest BCUT2D eigenvalue weighted by atomic mass is 10.00. The summed E-state index contributed by atoms with van der Waals surface area (Å²) in [5.74, 6) is 0. The van der Waals surface area contributed by atoms with Crippen LogP contribution in [0.3, 0.4) is 0 Å². The van der Waals surface area contributed by atoms with Gasteiger partial charge in [0.25, 0.3) is 0 Å². The van der Waals surface area contributed by atoms with Crippen LogP contribution in [0.2, 0.25) is 0 Å². The maximum absolute atomic E-state index is 10.2. The second kappa shape index (κ2) is 3.02. The molecule has 0 fully saturated rings. The third-order valence-corrected chi connectivity index (χ3v) is 1.16. The molecule has 8 heavy (non-hydrogen) atoms. The van der Waals surface area contributed by atoms with Crippen molar-refractivity contribution in [3.63, 3.8) is 0 Å². The van der Waals surface area contributed by atoms with E-state index in [0.717, 1.165) is 0 Å². The standard InChI is InChI=1S/C5H9ClO.FH/c1-5(2,3)4(6)7;/h1-3H3;1H. The van der Waals surface area contributed by atoms with Gasteiger partial charge in [-0.3, -0.25) is 9.50 Å². The first kappa shape index (κ1) is 10.8. The van der Waals surface area contributed by atoms with Crippen molar-refractivity contribution in [2.45, 2.75) is 20.8 Å². The molecule has 0 aromatic heterocycles. The molecule has 0 aliphatic heterocycles. The molecule has 0 bridgehead atoms. The zero-order valence-electron chi connectivity index (χ0n) is 5.19. The maximum Gasteiger partial charge on any atom is 0.226 e. The summed E-state index contributed by atoms with van der Waals surface area (Å²) in [6.07, 6.45) is 0. The van der Waals surface area contributed by atoms with Gasteiger partial charge in [0.2, 0.25) is 5.24 Å². The van der Waals surface area contributed by atoms with Gasteiger partial charge in [0, 0.05) is 5.41 Å². The minimum absolute atomic E-state index is 0. The van der Waals surface area contributed by atoms with E-state index in [1.54, 1.807) is 20.8 Å². The highest BCUT2D eigenvalue weighted by Gasteiger charge is 2.17. The Morgan fingerprint density at radius 1 is 1.38 bits per heavy atom. The van der Waals surface area contributed by atoms with Gasteiger partial charge in [0.05, 0.1) is 0 Å². The first-order chi connectivity index (χ1) is 2.94. The summed E-state index contributed by atoms with van der Waals surface area (Å²) in [6, 6.07) is 0. The molecule has 0 aliphatic rings. The topological polar surface area (TPSA) is 17.1 Å². The Balaban J connectivity index is 0. The van der Waals surface area contributed by atoms with Gasteiger partial charge in [0.1, 0.15) is 0 Å². The average molecular weight is 141 g/mol. The molecule has 50 valence electrons. The smallest absolute Gasteiger partial charge is 0.226 e. The second-order valence-electron chi connectivity index (χ2n) is 2.52. The van der Waals surface area contributed by atoms with Gasteiger partial charge in [0.15, 0.2) is 0 Å². The first-order valence-corrected chi connectivity index (χ1v) is 2.52. The molecule has 1 nitrogen and oxygen atoms in total. The van der Waals surface area contributed by atoms with Crippen LogP contribution in [0.15, 0.2) is 0 Å². The molecule has 0 amide bonds. The lowest BCUT2D eigenvalue weighted by molar-refractivity contribution is -0.118. The normalized spacial score (nSPS) is 10.0. The Kier molecular flexibility index (Phi) is 4.08. The highest BCUT2D eigenvalue weighted by molar-refractivity contribution is 6.64. The van der Waals surface area contributed by atoms with Gasteiger partial charge < -0.3 is 0 Å². The van der Waals surface area contributed by atoms with Crippen LogP contribution in [0.5, 0.6) is 0 Å². The Hall–Kier alpha value is -0.110. The van der Waals surface area contributed by atoms with Gasteiger partial charge in [-0.05, 0) is 11.6 Å². The molecule has 0 rings (SSSR count). The lowest BCUT2D eigenvalue weighted by Gasteiger charge is -2.08. The molecule has 0 radical (unpaired) electrons. The molecule has 0 saturated heterocycles. The zero-order valence-corrected chi connectivity index (χ0v) is 5.95. The summed E-state index contributed by atoms with van der Waals surface area (Å²) in [7, 11) is 0. The summed E-state index contributed by atoms with van der Waals surface area (Å²) >= 11 is 5.11. The highest BCUT2D eigenvalue weighted by Crippen LogP contribution is 2.15. The number of rotatable bonds is 0. The SMILES string of the molecule is CC(C)(C)C(=O)Cl.F. The van der Waals surface area contributed by atoms with Gasteiger partial charge in [-0.1, -0.05) is 20.8 Å². The summed E-state index contributed by atoms with van der Waals surface area (Å²) < 4.78 is 0. The van der Waals surface area contributed by atoms with Crippen LogP contribution in [-0.4, -0.2) is 5.24 Å². The molecule has 0 unspecified atom stereocenters. The van der Waals surface area contributed by atoms with Crippen LogP contribution >= 0.6 is 11.6 Å². The molecule has 0 spiro atoms. The predicted molar refractivity (Wildman–Crippen MR) is 32.8 cm³/mol. The molecule has 0 atom stereocenters. The van der Waals surface area contributed by atoms with Crippen LogP contribution in [0, 0.1) is 5.41 Å². The van der Waals surface area contributed by atoms with Crippen molar-refractivity contribution in [3.05, 3.63) is 0 Å². The Labute approximate surface area is 53.4 Å². The molecular formula is C5H10ClFO. The van der Waals surface area contributed by atoms with E-state index in [4.69, 9.17) is 11.6 Å². The zero-order chi connectivity index (χ0) is 6.08. The fraction of sp³-hybridized carbons (Fsp3) is 0.800. The Bertz CT molecular complexity index is 84.9. The van der Waals surface area contributed by atoms with Gasteiger partial charge in [-0.2, -0.15) is 0 Å². The third-order valence-electron chi connectivity index (χ3n) is 0.590. The monoisotopic (exact) mass is 140 g/mol. The van der Waals surface area contributed by atoms with Gasteiger partial charge in [-0.25, -0.2) is 0 Å². The minimum atomic E-state index is -0.373. The van der Waals surface area contributed by atoms with E-state index < -0.39 is 0 Å². The Morgan fingerprint density at radius 3 is 1.50 bits per heavy atom. The quantitative estimate of drug-likeness (QED) is 0.470. The number of hydrogen-bond donors (Lipinski definition) is 0. The van der Waals surface area contributed by atoms with Crippen molar-refractivity contribution < 1.29 is 9.50 Å². The van der Waals surface area contributed by atoms with Crippen LogP contribution in [0.1, 0.15) is 20.8 Å². The lowest BCUT2D eigenvalue weighted by Crippen LogP contribution is -2.13. The van der Waals surface area contributed by atoms with Crippen LogP contribution in [-0.2, 0) is 4.79 Å². The largest absolute Gasteiger partial charge is 0.281 e. The second-order valence-corrected chi connectivity index (χ2v) is 2.87. The van der Waals surface area contributed by atoms with Crippen molar-refractivity contribution in [1.29, 1.82) is 0 Å². The van der Waals surface area contributed by atoms with Crippen LogP contribution < -0.4 is 0 Å². The number of halogens is 2. The minimum Gasteiger partial charge on any atom is -0.281 e. The first-order valence-electron chi connectivity index (χ1n) is 2.14. The van der Waals surface area contributed by atoms with E-state index in [1.807, 2.05) is 0 Å². The molecule has 0 aromatic carbocycles. The summed E-state index contributed by atoms with van der Waals surface area (Å²) in [4.78, 5) is 10.2. The molecule has 0 aromatic rings. The maximum atomic E-state index is 10.2. The summed E-state index contributed by atoms with van der Waals surface area (Å²) in [6.45, 7) is 5.34. The van der Waals surface area contributed by atoms with E-state index in [1.165, 1.54) is 0 Å². The number of carbonyl (C=O) groups excluding carboxylic acids is 1. The third kappa shape index (κ3) is 4.06. The highest BCUT2D eigenvalue weighted by atomic mass is 35.5. The van der Waals surface area contributed by atoms with Crippen LogP contribution in [0.4, 0.5) is 4.70 Å². The van der Waals surface area contributed by atoms with Crippen molar-refractivity contribution in [3.8, 4) is 0 Å². The molecule has 0 saturated carbocycles. The summed E-state index contributed by atoms with van der Waals surface area (Å²) in [5, 5.41) is -0.285. The van der Waals surface area contributed by atoms with Gasteiger partial charge >= 0.3 is 0 Å². The number of hydrogen-bond acceptors (Lipinski definition) is 1. The molecular weight excluding hydrogens is 131 g/mol. The predicted octanol–water partition coefficient (Wildman–Crippen LogP) is 1.95. The molecule has 3 heteroatoms. The molecule has 0 heterocycles. The van der Waals surface area contributed by atoms with E-state index in [-0.39, 0.29) is 15.4 Å². The van der Waals surface area contributed by atoms with Crippen LogP contribution in [0.25, 0.3) is 0 Å². The van der Waals surface area contributed by atoms with Gasteiger partial charge in [-0.15, -0.1) is 0 Å². The van der Waals surface area contributed by atoms with E-state index in [0.29, 0.717) is 0 Å². The van der Waals surface area contributed by atoms with Crippen molar-refractivity contribution in [2.75, 3.05) is 0 Å². The van der Waals surface area contributed by atoms with Crippen molar-refractivity contribution in [1.82, 2.24) is 0 Å². The molecule has 0 aliphatic carbocycles. The summed E-state index contributed by atoms with van der Waals surface area (Å²) in [5.41, 5.74) is -0.373. The van der Waals surface area contributed by atoms with E-state index >= 15 is 0 Å².